The van der Waals surface area contributed by atoms with Crippen molar-refractivity contribution >= 4 is 17.6 Å². The molecule has 2 rings (SSSR count). The van der Waals surface area contributed by atoms with Crippen LogP contribution in [0.15, 0.2) is 18.2 Å². The maximum absolute atomic E-state index is 14.0. The molecule has 0 saturated carbocycles. The molecule has 0 aliphatic carbocycles. The molecule has 6 heteroatoms. The van der Waals surface area contributed by atoms with Crippen LogP contribution in [0.2, 0.25) is 0 Å². The van der Waals surface area contributed by atoms with Crippen molar-refractivity contribution in [2.45, 2.75) is 33.2 Å². The Bertz CT molecular complexity index is 577. The van der Waals surface area contributed by atoms with Gasteiger partial charge in [-0.2, -0.15) is 0 Å². The second-order valence-corrected chi connectivity index (χ2v) is 5.55. The highest BCUT2D eigenvalue weighted by Crippen LogP contribution is 2.24. The molecule has 1 N–H and O–H groups in total. The van der Waals surface area contributed by atoms with Crippen LogP contribution < -0.4 is 10.2 Å². The SMILES string of the molecule is CCCNC(=O)N1CCN(c2cc(C)ccc2F)C(=O)C1C. The van der Waals surface area contributed by atoms with Crippen molar-refractivity contribution in [2.24, 2.45) is 0 Å². The number of aryl methyl sites for hydroxylation is 1. The lowest BCUT2D eigenvalue weighted by Gasteiger charge is -2.39. The number of benzene rings is 1. The topological polar surface area (TPSA) is 52.7 Å². The molecule has 1 atom stereocenters. The van der Waals surface area contributed by atoms with Gasteiger partial charge in [-0.1, -0.05) is 13.0 Å². The summed E-state index contributed by atoms with van der Waals surface area (Å²) < 4.78 is 14.0. The van der Waals surface area contributed by atoms with Gasteiger partial charge in [0.2, 0.25) is 5.91 Å². The summed E-state index contributed by atoms with van der Waals surface area (Å²) in [6, 6.07) is 3.84. The molecule has 1 unspecified atom stereocenters. The maximum Gasteiger partial charge on any atom is 0.318 e. The lowest BCUT2D eigenvalue weighted by Crippen LogP contribution is -2.60. The minimum absolute atomic E-state index is 0.243. The third-order valence-electron chi connectivity index (χ3n) is 3.83. The number of piperazine rings is 1. The number of nitrogens with zero attached hydrogens (tertiary/aromatic N) is 2. The molecular weight excluding hydrogens is 285 g/mol. The number of urea groups is 1. The Hall–Kier alpha value is -2.11. The number of amides is 3. The largest absolute Gasteiger partial charge is 0.338 e. The van der Waals surface area contributed by atoms with Gasteiger partial charge in [-0.25, -0.2) is 9.18 Å². The summed E-state index contributed by atoms with van der Waals surface area (Å²) in [5, 5.41) is 2.77. The van der Waals surface area contributed by atoms with Crippen molar-refractivity contribution in [1.29, 1.82) is 0 Å². The maximum atomic E-state index is 14.0. The molecule has 1 aromatic carbocycles. The van der Waals surface area contributed by atoms with Gasteiger partial charge >= 0.3 is 6.03 Å². The molecule has 3 amide bonds. The summed E-state index contributed by atoms with van der Waals surface area (Å²) in [5.74, 6) is -0.683. The Morgan fingerprint density at radius 2 is 2.14 bits per heavy atom. The molecule has 0 bridgehead atoms. The number of hydrogen-bond donors (Lipinski definition) is 1. The molecule has 0 radical (unpaired) electrons. The van der Waals surface area contributed by atoms with E-state index in [0.29, 0.717) is 19.6 Å². The number of halogens is 1. The van der Waals surface area contributed by atoms with E-state index in [1.54, 1.807) is 19.1 Å². The zero-order chi connectivity index (χ0) is 16.3. The van der Waals surface area contributed by atoms with E-state index >= 15 is 0 Å². The Labute approximate surface area is 130 Å². The minimum atomic E-state index is -0.606. The normalized spacial score (nSPS) is 18.5. The van der Waals surface area contributed by atoms with Crippen molar-refractivity contribution in [3.63, 3.8) is 0 Å². The van der Waals surface area contributed by atoms with Gasteiger partial charge in [0.1, 0.15) is 11.9 Å². The fraction of sp³-hybridized carbons (Fsp3) is 0.500. The monoisotopic (exact) mass is 307 g/mol. The van der Waals surface area contributed by atoms with Gasteiger partial charge in [-0.15, -0.1) is 0 Å². The van der Waals surface area contributed by atoms with Gasteiger partial charge in [-0.3, -0.25) is 4.79 Å². The van der Waals surface area contributed by atoms with Gasteiger partial charge in [0.15, 0.2) is 0 Å². The molecule has 1 heterocycles. The Morgan fingerprint density at radius 3 is 2.82 bits per heavy atom. The summed E-state index contributed by atoms with van der Waals surface area (Å²) in [5.41, 5.74) is 1.17. The highest BCUT2D eigenvalue weighted by molar-refractivity contribution is 6.00. The number of hydrogen-bond acceptors (Lipinski definition) is 2. The zero-order valence-corrected chi connectivity index (χ0v) is 13.2. The molecular formula is C16H22FN3O2. The van der Waals surface area contributed by atoms with Crippen molar-refractivity contribution < 1.29 is 14.0 Å². The molecule has 1 aliphatic heterocycles. The Kier molecular flexibility index (Phi) is 5.00. The predicted octanol–water partition coefficient (Wildman–Crippen LogP) is 2.29. The number of carbonyl (C=O) groups is 2. The third-order valence-corrected chi connectivity index (χ3v) is 3.83. The Balaban J connectivity index is 2.15. The highest BCUT2D eigenvalue weighted by atomic mass is 19.1. The summed E-state index contributed by atoms with van der Waals surface area (Å²) in [6.07, 6.45) is 0.836. The number of carbonyl (C=O) groups excluding carboxylic acids is 2. The lowest BCUT2D eigenvalue weighted by molar-refractivity contribution is -0.124. The fourth-order valence-corrected chi connectivity index (χ4v) is 2.55. The van der Waals surface area contributed by atoms with Crippen LogP contribution in [-0.4, -0.2) is 42.5 Å². The van der Waals surface area contributed by atoms with Crippen LogP contribution in [0.25, 0.3) is 0 Å². The molecule has 120 valence electrons. The first kappa shape index (κ1) is 16.3. The summed E-state index contributed by atoms with van der Waals surface area (Å²) >= 11 is 0. The molecule has 1 aliphatic rings. The van der Waals surface area contributed by atoms with Crippen LogP contribution in [0, 0.1) is 12.7 Å². The van der Waals surface area contributed by atoms with Crippen LogP contribution in [0.4, 0.5) is 14.9 Å². The van der Waals surface area contributed by atoms with Gasteiger partial charge in [0.05, 0.1) is 5.69 Å². The first-order valence-corrected chi connectivity index (χ1v) is 7.57. The van der Waals surface area contributed by atoms with Crippen LogP contribution >= 0.6 is 0 Å². The number of nitrogens with one attached hydrogen (secondary N) is 1. The van der Waals surface area contributed by atoms with E-state index < -0.39 is 11.9 Å². The average Bonchev–Trinajstić information content (AvgIpc) is 2.50. The van der Waals surface area contributed by atoms with Crippen LogP contribution in [0.5, 0.6) is 0 Å². The zero-order valence-electron chi connectivity index (χ0n) is 13.2. The van der Waals surface area contributed by atoms with Crippen molar-refractivity contribution in [1.82, 2.24) is 10.2 Å². The van der Waals surface area contributed by atoms with E-state index in [1.807, 2.05) is 13.8 Å². The van der Waals surface area contributed by atoms with Crippen LogP contribution in [0.1, 0.15) is 25.8 Å². The average molecular weight is 307 g/mol. The second-order valence-electron chi connectivity index (χ2n) is 5.55. The highest BCUT2D eigenvalue weighted by Gasteiger charge is 2.35. The van der Waals surface area contributed by atoms with E-state index in [-0.39, 0.29) is 17.6 Å². The minimum Gasteiger partial charge on any atom is -0.338 e. The second kappa shape index (κ2) is 6.77. The molecule has 1 fully saturated rings. The lowest BCUT2D eigenvalue weighted by atomic mass is 10.1. The number of rotatable bonds is 3. The molecule has 1 aromatic rings. The number of anilines is 1. The van der Waals surface area contributed by atoms with Crippen molar-refractivity contribution in [3.05, 3.63) is 29.6 Å². The standard InChI is InChI=1S/C16H22FN3O2/c1-4-7-18-16(22)19-8-9-20(15(21)12(19)3)14-10-11(2)5-6-13(14)17/h5-6,10,12H,4,7-9H2,1-3H3,(H,18,22). The first-order chi connectivity index (χ1) is 10.5. The quantitative estimate of drug-likeness (QED) is 0.931. The summed E-state index contributed by atoms with van der Waals surface area (Å²) in [4.78, 5) is 27.5. The van der Waals surface area contributed by atoms with Crippen LogP contribution in [0.3, 0.4) is 0 Å². The summed E-state index contributed by atoms with van der Waals surface area (Å²) in [7, 11) is 0. The van der Waals surface area contributed by atoms with E-state index in [0.717, 1.165) is 12.0 Å². The van der Waals surface area contributed by atoms with Crippen LogP contribution in [-0.2, 0) is 4.79 Å². The van der Waals surface area contributed by atoms with E-state index in [9.17, 15) is 14.0 Å². The first-order valence-electron chi connectivity index (χ1n) is 7.57. The van der Waals surface area contributed by atoms with E-state index in [2.05, 4.69) is 5.32 Å². The molecule has 1 saturated heterocycles. The smallest absolute Gasteiger partial charge is 0.318 e. The Morgan fingerprint density at radius 1 is 1.41 bits per heavy atom. The van der Waals surface area contributed by atoms with Crippen molar-refractivity contribution in [3.8, 4) is 0 Å². The molecule has 0 spiro atoms. The van der Waals surface area contributed by atoms with E-state index in [4.69, 9.17) is 0 Å². The predicted molar refractivity (Wildman–Crippen MR) is 83.3 cm³/mol. The van der Waals surface area contributed by atoms with Gasteiger partial charge < -0.3 is 15.1 Å². The summed E-state index contributed by atoms with van der Waals surface area (Å²) in [6.45, 7) is 6.75. The molecule has 5 nitrogen and oxygen atoms in total. The fourth-order valence-electron chi connectivity index (χ4n) is 2.55. The molecule has 0 aromatic heterocycles. The van der Waals surface area contributed by atoms with E-state index in [1.165, 1.54) is 15.9 Å². The van der Waals surface area contributed by atoms with Gasteiger partial charge in [-0.05, 0) is 38.0 Å². The van der Waals surface area contributed by atoms with Crippen molar-refractivity contribution in [2.75, 3.05) is 24.5 Å². The van der Waals surface area contributed by atoms with Gasteiger partial charge in [0, 0.05) is 19.6 Å². The van der Waals surface area contributed by atoms with Gasteiger partial charge in [0.25, 0.3) is 0 Å². The third kappa shape index (κ3) is 3.21. The molecule has 22 heavy (non-hydrogen) atoms.